The minimum absolute atomic E-state index is 0.0513. The second-order valence-electron chi connectivity index (χ2n) is 7.88. The van der Waals surface area contributed by atoms with Crippen molar-refractivity contribution in [1.29, 1.82) is 0 Å². The van der Waals surface area contributed by atoms with Crippen LogP contribution < -0.4 is 16.2 Å². The molecule has 2 aliphatic heterocycles. The number of urea groups is 1. The average molecular weight is 368 g/mol. The van der Waals surface area contributed by atoms with Gasteiger partial charge in [0.25, 0.3) is 11.5 Å². The second-order valence-corrected chi connectivity index (χ2v) is 7.88. The molecule has 2 aromatic rings. The Morgan fingerprint density at radius 1 is 1.15 bits per heavy atom. The predicted octanol–water partition coefficient (Wildman–Crippen LogP) is 1.65. The lowest BCUT2D eigenvalue weighted by Gasteiger charge is -2.38. The number of nitrogens with one attached hydrogen (secondary N) is 3. The van der Waals surface area contributed by atoms with Crippen LogP contribution in [0.15, 0.2) is 29.1 Å². The number of aryl methyl sites for hydroxylation is 1. The van der Waals surface area contributed by atoms with Gasteiger partial charge in [0.15, 0.2) is 0 Å². The topological polar surface area (TPSA) is 94.3 Å². The van der Waals surface area contributed by atoms with E-state index in [4.69, 9.17) is 0 Å². The molecule has 0 spiro atoms. The summed E-state index contributed by atoms with van der Waals surface area (Å²) in [6.07, 6.45) is 1.60. The molecule has 3 heterocycles. The first kappa shape index (κ1) is 17.7. The summed E-state index contributed by atoms with van der Waals surface area (Å²) in [6, 6.07) is 7.60. The number of H-pyrrole nitrogens is 1. The number of aromatic nitrogens is 1. The Bertz CT molecular complexity index is 975. The Hall–Kier alpha value is -2.67. The van der Waals surface area contributed by atoms with E-state index < -0.39 is 11.6 Å². The molecule has 0 bridgehead atoms. The number of imide groups is 1. The lowest BCUT2D eigenvalue weighted by Crippen LogP contribution is -2.53. The van der Waals surface area contributed by atoms with Crippen molar-refractivity contribution in [3.05, 3.63) is 45.7 Å². The van der Waals surface area contributed by atoms with E-state index >= 15 is 0 Å². The monoisotopic (exact) mass is 368 g/mol. The van der Waals surface area contributed by atoms with Gasteiger partial charge in [-0.3, -0.25) is 19.8 Å². The third-order valence-electron chi connectivity index (χ3n) is 5.95. The standard InChI is InChI=1S/C20H24N4O3/c1-12-3-4-13-10-14(17(25)21-16(13)9-12)11-24-7-5-15(6-8-24)20(2)18(26)22-19(27)23-20/h3-4,9-10,15H,5-8,11H2,1-2H3,(H,21,25)(H2,22,23,26,27)/t20-/m1/s1. The number of hydrogen-bond acceptors (Lipinski definition) is 4. The summed E-state index contributed by atoms with van der Waals surface area (Å²) in [4.78, 5) is 41.3. The fourth-order valence-electron chi connectivity index (χ4n) is 4.23. The highest BCUT2D eigenvalue weighted by Gasteiger charge is 2.48. The highest BCUT2D eigenvalue weighted by Crippen LogP contribution is 2.31. The Morgan fingerprint density at radius 2 is 1.89 bits per heavy atom. The van der Waals surface area contributed by atoms with E-state index in [1.165, 1.54) is 0 Å². The van der Waals surface area contributed by atoms with Gasteiger partial charge in [-0.1, -0.05) is 12.1 Å². The molecule has 27 heavy (non-hydrogen) atoms. The van der Waals surface area contributed by atoms with Crippen molar-refractivity contribution in [2.45, 2.75) is 38.8 Å². The number of nitrogens with zero attached hydrogens (tertiary/aromatic N) is 1. The first-order valence-electron chi connectivity index (χ1n) is 9.34. The number of aromatic amines is 1. The summed E-state index contributed by atoms with van der Waals surface area (Å²) in [7, 11) is 0. The summed E-state index contributed by atoms with van der Waals surface area (Å²) in [5.41, 5.74) is 1.84. The number of hydrogen-bond donors (Lipinski definition) is 3. The maximum absolute atomic E-state index is 12.4. The van der Waals surface area contributed by atoms with Gasteiger partial charge in [-0.2, -0.15) is 0 Å². The van der Waals surface area contributed by atoms with Gasteiger partial charge in [0, 0.05) is 17.6 Å². The SMILES string of the molecule is Cc1ccc2cc(CN3CCC([C@@]4(C)NC(=O)NC4=O)CC3)c(=O)[nH]c2c1. The molecule has 3 amide bonds. The first-order valence-corrected chi connectivity index (χ1v) is 9.34. The Morgan fingerprint density at radius 3 is 2.56 bits per heavy atom. The van der Waals surface area contributed by atoms with Crippen molar-refractivity contribution in [2.75, 3.05) is 13.1 Å². The number of likely N-dealkylation sites (tertiary alicyclic amines) is 1. The van der Waals surface area contributed by atoms with Crippen LogP contribution in [0.1, 0.15) is 30.9 Å². The van der Waals surface area contributed by atoms with Crippen LogP contribution in [0.2, 0.25) is 0 Å². The van der Waals surface area contributed by atoms with Gasteiger partial charge in [-0.25, -0.2) is 4.79 Å². The average Bonchev–Trinajstić information content (AvgIpc) is 2.89. The maximum atomic E-state index is 12.4. The minimum atomic E-state index is -0.832. The fraction of sp³-hybridized carbons (Fsp3) is 0.450. The summed E-state index contributed by atoms with van der Waals surface area (Å²) >= 11 is 0. The van der Waals surface area contributed by atoms with Gasteiger partial charge >= 0.3 is 6.03 Å². The van der Waals surface area contributed by atoms with Gasteiger partial charge in [0.2, 0.25) is 0 Å². The van der Waals surface area contributed by atoms with Gasteiger partial charge < -0.3 is 10.3 Å². The lowest BCUT2D eigenvalue weighted by molar-refractivity contribution is -0.125. The molecule has 2 saturated heterocycles. The van der Waals surface area contributed by atoms with Crippen LogP contribution >= 0.6 is 0 Å². The molecular formula is C20H24N4O3. The van der Waals surface area contributed by atoms with Crippen LogP contribution in [0.3, 0.4) is 0 Å². The van der Waals surface area contributed by atoms with Crippen molar-refractivity contribution in [2.24, 2.45) is 5.92 Å². The molecule has 1 aromatic carbocycles. The van der Waals surface area contributed by atoms with Crippen LogP contribution in [-0.2, 0) is 11.3 Å². The molecule has 7 nitrogen and oxygen atoms in total. The van der Waals surface area contributed by atoms with E-state index in [2.05, 4.69) is 20.5 Å². The van der Waals surface area contributed by atoms with E-state index in [9.17, 15) is 14.4 Å². The van der Waals surface area contributed by atoms with Crippen LogP contribution in [0.4, 0.5) is 4.79 Å². The Labute approximate surface area is 157 Å². The molecule has 0 saturated carbocycles. The number of pyridine rings is 1. The Balaban J connectivity index is 1.45. The normalized spacial score (nSPS) is 24.2. The Kier molecular flexibility index (Phi) is 4.26. The molecule has 142 valence electrons. The highest BCUT2D eigenvalue weighted by molar-refractivity contribution is 6.06. The highest BCUT2D eigenvalue weighted by atomic mass is 16.2. The molecule has 2 aliphatic rings. The molecule has 7 heteroatoms. The summed E-state index contributed by atoms with van der Waals surface area (Å²) in [5.74, 6) is -0.148. The molecule has 1 atom stereocenters. The first-order chi connectivity index (χ1) is 12.8. The van der Waals surface area contributed by atoms with E-state index in [-0.39, 0.29) is 17.4 Å². The quantitative estimate of drug-likeness (QED) is 0.718. The van der Waals surface area contributed by atoms with Gasteiger partial charge in [-0.15, -0.1) is 0 Å². The summed E-state index contributed by atoms with van der Waals surface area (Å²) in [6.45, 7) is 5.96. The van der Waals surface area contributed by atoms with Gasteiger partial charge in [0.05, 0.1) is 0 Å². The molecule has 2 fully saturated rings. The number of carbonyl (C=O) groups excluding carboxylic acids is 2. The third-order valence-corrected chi connectivity index (χ3v) is 5.95. The third kappa shape index (κ3) is 3.23. The van der Waals surface area contributed by atoms with Gasteiger partial charge in [-0.05, 0) is 68.8 Å². The fourth-order valence-corrected chi connectivity index (χ4v) is 4.23. The summed E-state index contributed by atoms with van der Waals surface area (Å²) < 4.78 is 0. The predicted molar refractivity (Wildman–Crippen MR) is 102 cm³/mol. The molecule has 0 aliphatic carbocycles. The zero-order valence-electron chi connectivity index (χ0n) is 15.6. The number of amides is 3. The molecule has 1 aromatic heterocycles. The van der Waals surface area contributed by atoms with Crippen LogP contribution in [0.5, 0.6) is 0 Å². The largest absolute Gasteiger partial charge is 0.323 e. The van der Waals surface area contributed by atoms with Crippen LogP contribution in [0, 0.1) is 12.8 Å². The van der Waals surface area contributed by atoms with E-state index in [0.29, 0.717) is 6.54 Å². The minimum Gasteiger partial charge on any atom is -0.323 e. The lowest BCUT2D eigenvalue weighted by atomic mass is 9.79. The number of benzene rings is 1. The molecule has 0 radical (unpaired) electrons. The van der Waals surface area contributed by atoms with E-state index in [1.807, 2.05) is 31.2 Å². The van der Waals surface area contributed by atoms with E-state index in [1.54, 1.807) is 6.92 Å². The maximum Gasteiger partial charge on any atom is 0.322 e. The smallest absolute Gasteiger partial charge is 0.322 e. The molecule has 0 unspecified atom stereocenters. The van der Waals surface area contributed by atoms with Crippen molar-refractivity contribution in [3.63, 3.8) is 0 Å². The molecular weight excluding hydrogens is 344 g/mol. The van der Waals surface area contributed by atoms with Crippen molar-refractivity contribution < 1.29 is 9.59 Å². The second kappa shape index (κ2) is 6.49. The van der Waals surface area contributed by atoms with Crippen molar-refractivity contribution in [3.8, 4) is 0 Å². The zero-order chi connectivity index (χ0) is 19.2. The van der Waals surface area contributed by atoms with Crippen LogP contribution in [0.25, 0.3) is 10.9 Å². The number of fused-ring (bicyclic) bond motifs is 1. The van der Waals surface area contributed by atoms with Crippen molar-refractivity contribution >= 4 is 22.8 Å². The summed E-state index contributed by atoms with van der Waals surface area (Å²) in [5, 5.41) is 6.14. The number of carbonyl (C=O) groups is 2. The number of piperidine rings is 1. The zero-order valence-corrected chi connectivity index (χ0v) is 15.6. The number of rotatable bonds is 3. The van der Waals surface area contributed by atoms with Gasteiger partial charge in [0.1, 0.15) is 5.54 Å². The van der Waals surface area contributed by atoms with Crippen LogP contribution in [-0.4, -0.2) is 40.5 Å². The molecule has 4 rings (SSSR count). The van der Waals surface area contributed by atoms with E-state index in [0.717, 1.165) is 48.0 Å². The molecule has 3 N–H and O–H groups in total. The van der Waals surface area contributed by atoms with Crippen molar-refractivity contribution in [1.82, 2.24) is 20.5 Å².